The number of methoxy groups -OCH3 is 1. The maximum absolute atomic E-state index is 13.7. The summed E-state index contributed by atoms with van der Waals surface area (Å²) in [5, 5.41) is 8.19. The third-order valence-corrected chi connectivity index (χ3v) is 9.00. The summed E-state index contributed by atoms with van der Waals surface area (Å²) in [4.78, 5) is 65.8. The van der Waals surface area contributed by atoms with E-state index in [1.165, 1.54) is 84.2 Å². The van der Waals surface area contributed by atoms with E-state index in [0.717, 1.165) is 19.3 Å². The number of amides is 3. The molecule has 0 radical (unpaired) electrons. The molecule has 9 heteroatoms. The van der Waals surface area contributed by atoms with Gasteiger partial charge in [-0.15, -0.1) is 0 Å². The van der Waals surface area contributed by atoms with Gasteiger partial charge in [-0.1, -0.05) is 118 Å². The molecule has 1 saturated heterocycles. The second-order valence-corrected chi connectivity index (χ2v) is 14.7. The van der Waals surface area contributed by atoms with Gasteiger partial charge in [-0.2, -0.15) is 0 Å². The molecule has 0 spiro atoms. The number of carbonyl (C=O) groups excluding carboxylic acids is 5. The van der Waals surface area contributed by atoms with Crippen LogP contribution in [0, 0.1) is 17.3 Å². The molecule has 3 N–H and O–H groups in total. The number of hydrogen-bond acceptors (Lipinski definition) is 6. The Bertz CT molecular complexity index is 1200. The smallest absolute Gasteiger partial charge is 0.236 e. The van der Waals surface area contributed by atoms with Crippen LogP contribution in [0.5, 0.6) is 5.75 Å². The summed E-state index contributed by atoms with van der Waals surface area (Å²) in [6.07, 6.45) is 19.3. The van der Waals surface area contributed by atoms with Gasteiger partial charge in [0.2, 0.25) is 17.7 Å². The second kappa shape index (κ2) is 19.6. The summed E-state index contributed by atoms with van der Waals surface area (Å²) in [6.45, 7) is 10.3. The quantitative estimate of drug-likeness (QED) is 0.0854. The normalized spacial score (nSPS) is 16.4. The number of ether oxygens (including phenoxy) is 1. The highest BCUT2D eigenvalue weighted by Gasteiger charge is 2.55. The average Bonchev–Trinajstić information content (AvgIpc) is 3.20. The Kier molecular flexibility index (Phi) is 16.6. The van der Waals surface area contributed by atoms with Crippen LogP contribution in [0.15, 0.2) is 18.2 Å². The Morgan fingerprint density at radius 2 is 1.34 bits per heavy atom. The predicted octanol–water partition coefficient (Wildman–Crippen LogP) is 8.16. The molecular formula is C38H61N3O6. The fourth-order valence-electron chi connectivity index (χ4n) is 6.12. The molecule has 1 aliphatic heterocycles. The standard InChI is InChI=1S/C38H61N3O6/c1-8-9-10-11-12-13-14-15-16-17-18-19-20-21-22-23-30(42)39-27-24-25-29(47-7)28(26-27)40-35(45)31(33(43)37(2,3)4)32-34(44)38(5,6)41-36(32)46/h24-26,31-32H,8-23H2,1-7H3,(H,39,42)(H,40,45)(H,41,46). The molecular weight excluding hydrogens is 594 g/mol. The summed E-state index contributed by atoms with van der Waals surface area (Å²) in [6, 6.07) is 4.84. The SMILES string of the molecule is CCCCCCCCCCCCCCCCCC(=O)Nc1ccc(OC)c(NC(=O)C(C(=O)C(C)(C)C)C2C(=O)NC(C)(C)C2=O)c1. The van der Waals surface area contributed by atoms with Gasteiger partial charge in [-0.05, 0) is 38.5 Å². The summed E-state index contributed by atoms with van der Waals surface area (Å²) in [5.41, 5.74) is -1.49. The molecule has 1 aliphatic rings. The Labute approximate surface area is 283 Å². The molecule has 0 aliphatic carbocycles. The maximum Gasteiger partial charge on any atom is 0.236 e. The zero-order valence-corrected chi connectivity index (χ0v) is 30.1. The summed E-state index contributed by atoms with van der Waals surface area (Å²) >= 11 is 0. The van der Waals surface area contributed by atoms with E-state index in [1.807, 2.05) is 0 Å². The first-order valence-corrected chi connectivity index (χ1v) is 17.9. The summed E-state index contributed by atoms with van der Waals surface area (Å²) in [5.74, 6) is -5.25. The number of nitrogens with one attached hydrogen (secondary N) is 3. The van der Waals surface area contributed by atoms with Crippen molar-refractivity contribution in [2.75, 3.05) is 17.7 Å². The van der Waals surface area contributed by atoms with Gasteiger partial charge in [-0.3, -0.25) is 24.0 Å². The highest BCUT2D eigenvalue weighted by molar-refractivity contribution is 6.21. The minimum atomic E-state index is -1.53. The van der Waals surface area contributed by atoms with E-state index in [0.29, 0.717) is 17.9 Å². The van der Waals surface area contributed by atoms with Gasteiger partial charge in [0.1, 0.15) is 17.6 Å². The van der Waals surface area contributed by atoms with Crippen LogP contribution in [0.2, 0.25) is 0 Å². The van der Waals surface area contributed by atoms with Gasteiger partial charge >= 0.3 is 0 Å². The van der Waals surface area contributed by atoms with Crippen LogP contribution >= 0.6 is 0 Å². The average molecular weight is 656 g/mol. The van der Waals surface area contributed by atoms with Crippen molar-refractivity contribution in [2.24, 2.45) is 17.3 Å². The van der Waals surface area contributed by atoms with Crippen LogP contribution in [-0.2, 0) is 24.0 Å². The molecule has 47 heavy (non-hydrogen) atoms. The molecule has 1 heterocycles. The lowest BCUT2D eigenvalue weighted by Gasteiger charge is -2.27. The van der Waals surface area contributed by atoms with Crippen LogP contribution in [0.1, 0.15) is 144 Å². The summed E-state index contributed by atoms with van der Waals surface area (Å²) in [7, 11) is 1.44. The molecule has 1 fully saturated rings. The largest absolute Gasteiger partial charge is 0.495 e. The van der Waals surface area contributed by atoms with E-state index in [2.05, 4.69) is 22.9 Å². The monoisotopic (exact) mass is 655 g/mol. The number of unbranched alkanes of at least 4 members (excludes halogenated alkanes) is 14. The van der Waals surface area contributed by atoms with Gasteiger partial charge in [0.25, 0.3) is 0 Å². The number of ketones is 2. The van der Waals surface area contributed by atoms with Crippen molar-refractivity contribution in [3.63, 3.8) is 0 Å². The first-order chi connectivity index (χ1) is 22.2. The topological polar surface area (TPSA) is 131 Å². The third kappa shape index (κ3) is 13.1. The number of hydrogen-bond donors (Lipinski definition) is 3. The molecule has 0 bridgehead atoms. The van der Waals surface area contributed by atoms with E-state index in [9.17, 15) is 24.0 Å². The number of Topliss-reactive ketones (excluding diaryl/α,β-unsaturated/α-hetero) is 2. The van der Waals surface area contributed by atoms with Crippen molar-refractivity contribution < 1.29 is 28.7 Å². The van der Waals surface area contributed by atoms with Gasteiger partial charge in [-0.25, -0.2) is 0 Å². The molecule has 9 nitrogen and oxygen atoms in total. The van der Waals surface area contributed by atoms with Crippen molar-refractivity contribution in [3.8, 4) is 5.75 Å². The number of anilines is 2. The van der Waals surface area contributed by atoms with Crippen molar-refractivity contribution in [1.29, 1.82) is 0 Å². The Morgan fingerprint density at radius 1 is 0.830 bits per heavy atom. The third-order valence-electron chi connectivity index (χ3n) is 9.00. The molecule has 0 aromatic heterocycles. The zero-order valence-electron chi connectivity index (χ0n) is 30.1. The van der Waals surface area contributed by atoms with Crippen LogP contribution in [0.4, 0.5) is 11.4 Å². The van der Waals surface area contributed by atoms with Crippen LogP contribution < -0.4 is 20.7 Å². The van der Waals surface area contributed by atoms with Crippen molar-refractivity contribution in [1.82, 2.24) is 5.32 Å². The summed E-state index contributed by atoms with van der Waals surface area (Å²) < 4.78 is 5.42. The molecule has 1 aromatic carbocycles. The zero-order chi connectivity index (χ0) is 35.0. The maximum atomic E-state index is 13.7. The van der Waals surface area contributed by atoms with Gasteiger partial charge < -0.3 is 20.7 Å². The van der Waals surface area contributed by atoms with Gasteiger partial charge in [0.05, 0.1) is 18.3 Å². The minimum Gasteiger partial charge on any atom is -0.495 e. The number of carbonyl (C=O) groups is 5. The van der Waals surface area contributed by atoms with Crippen molar-refractivity contribution >= 4 is 40.7 Å². The Hall–Kier alpha value is -3.23. The minimum absolute atomic E-state index is 0.127. The van der Waals surface area contributed by atoms with E-state index in [1.54, 1.807) is 52.8 Å². The lowest BCUT2D eigenvalue weighted by molar-refractivity contribution is -0.146. The van der Waals surface area contributed by atoms with E-state index in [4.69, 9.17) is 4.74 Å². The van der Waals surface area contributed by atoms with E-state index < -0.39 is 46.2 Å². The Balaban J connectivity index is 1.85. The predicted molar refractivity (Wildman–Crippen MR) is 188 cm³/mol. The fourth-order valence-corrected chi connectivity index (χ4v) is 6.12. The molecule has 3 amide bonds. The highest BCUT2D eigenvalue weighted by atomic mass is 16.5. The highest BCUT2D eigenvalue weighted by Crippen LogP contribution is 2.35. The Morgan fingerprint density at radius 3 is 1.79 bits per heavy atom. The molecule has 2 unspecified atom stereocenters. The first-order valence-electron chi connectivity index (χ1n) is 17.9. The number of rotatable bonds is 22. The van der Waals surface area contributed by atoms with Crippen LogP contribution in [0.3, 0.4) is 0 Å². The lowest BCUT2D eigenvalue weighted by atomic mass is 9.74. The molecule has 0 saturated carbocycles. The number of benzene rings is 1. The molecule has 264 valence electrons. The van der Waals surface area contributed by atoms with Gasteiger partial charge in [0.15, 0.2) is 11.6 Å². The van der Waals surface area contributed by atoms with Crippen molar-refractivity contribution in [3.05, 3.63) is 18.2 Å². The molecule has 2 atom stereocenters. The van der Waals surface area contributed by atoms with Crippen molar-refractivity contribution in [2.45, 2.75) is 150 Å². The first kappa shape index (κ1) is 39.9. The van der Waals surface area contributed by atoms with Crippen LogP contribution in [-0.4, -0.2) is 41.9 Å². The van der Waals surface area contributed by atoms with Crippen LogP contribution in [0.25, 0.3) is 0 Å². The van der Waals surface area contributed by atoms with E-state index >= 15 is 0 Å². The fraction of sp³-hybridized carbons (Fsp3) is 0.711. The molecule has 2 rings (SSSR count). The lowest BCUT2D eigenvalue weighted by Crippen LogP contribution is -2.46. The van der Waals surface area contributed by atoms with E-state index in [-0.39, 0.29) is 11.6 Å². The van der Waals surface area contributed by atoms with Gasteiger partial charge in [0, 0.05) is 17.5 Å². The molecule has 1 aromatic rings. The second-order valence-electron chi connectivity index (χ2n) is 14.7.